The fourth-order valence-electron chi connectivity index (χ4n) is 3.75. The third-order valence-corrected chi connectivity index (χ3v) is 7.92. The number of ether oxygens (including phenoxy) is 1. The molecular formula is C28H28INO5S. The first-order valence-corrected chi connectivity index (χ1v) is 13.7. The first kappa shape index (κ1) is 26.5. The van der Waals surface area contributed by atoms with Crippen LogP contribution in [0.1, 0.15) is 49.3 Å². The highest BCUT2D eigenvalue weighted by Crippen LogP contribution is 2.33. The number of rotatable bonds is 9. The van der Waals surface area contributed by atoms with Crippen LogP contribution in [-0.2, 0) is 29.2 Å². The lowest BCUT2D eigenvalue weighted by Gasteiger charge is -2.27. The smallest absolute Gasteiger partial charge is 0.307 e. The number of carboxylic acid groups (broad SMARTS) is 1. The number of para-hydroxylation sites is 1. The van der Waals surface area contributed by atoms with Gasteiger partial charge in [-0.2, -0.15) is 0 Å². The highest BCUT2D eigenvalue weighted by Gasteiger charge is 2.32. The summed E-state index contributed by atoms with van der Waals surface area (Å²) in [5.74, 6) is 0.333. The number of fused-ring (bicyclic) bond motifs is 1. The third kappa shape index (κ3) is 6.42. The minimum atomic E-state index is -1.30. The minimum Gasteiger partial charge on any atom is -0.598 e. The van der Waals surface area contributed by atoms with E-state index in [9.17, 15) is 9.35 Å². The molecule has 0 aliphatic carbocycles. The van der Waals surface area contributed by atoms with E-state index in [1.54, 1.807) is 18.2 Å². The molecule has 0 bridgehead atoms. The van der Waals surface area contributed by atoms with Crippen molar-refractivity contribution in [2.24, 2.45) is 0 Å². The van der Waals surface area contributed by atoms with Crippen molar-refractivity contribution in [1.82, 2.24) is 4.72 Å². The number of hydrogen-bond acceptors (Lipinski definition) is 5. The van der Waals surface area contributed by atoms with Crippen molar-refractivity contribution >= 4 is 50.9 Å². The fourth-order valence-corrected chi connectivity index (χ4v) is 5.39. The summed E-state index contributed by atoms with van der Waals surface area (Å²) in [6, 6.07) is 22.6. The van der Waals surface area contributed by atoms with Crippen LogP contribution in [0.4, 0.5) is 0 Å². The van der Waals surface area contributed by atoms with Gasteiger partial charge in [-0.3, -0.25) is 4.79 Å². The predicted octanol–water partition coefficient (Wildman–Crippen LogP) is 6.38. The van der Waals surface area contributed by atoms with Gasteiger partial charge >= 0.3 is 5.97 Å². The third-order valence-electron chi connectivity index (χ3n) is 5.56. The predicted molar refractivity (Wildman–Crippen MR) is 150 cm³/mol. The Morgan fingerprint density at radius 1 is 1.11 bits per heavy atom. The van der Waals surface area contributed by atoms with Gasteiger partial charge in [0.1, 0.15) is 34.5 Å². The standard InChI is InChI=1S/C28H28INO5S/c1-28(2,3)36(33)30-26(19-9-5-4-6-10-19)24-15-21-13-18(14-22(29)27(21)35-24)17-34-23-12-8-7-11-20(23)16-25(31)32/h4-15,26,30H,16-17H2,1-3H3,(H,31,32)/t26?,36-/m1/s1. The van der Waals surface area contributed by atoms with Gasteiger partial charge in [-0.05, 0) is 78.8 Å². The molecule has 4 rings (SSSR count). The molecule has 2 N–H and O–H groups in total. The quantitative estimate of drug-likeness (QED) is 0.167. The average Bonchev–Trinajstić information content (AvgIpc) is 3.26. The Labute approximate surface area is 227 Å². The van der Waals surface area contributed by atoms with Gasteiger partial charge in [-0.1, -0.05) is 48.5 Å². The molecule has 1 unspecified atom stereocenters. The summed E-state index contributed by atoms with van der Waals surface area (Å²) >= 11 is 0.939. The Balaban J connectivity index is 1.63. The highest BCUT2D eigenvalue weighted by molar-refractivity contribution is 14.1. The van der Waals surface area contributed by atoms with Crippen LogP contribution >= 0.6 is 22.6 Å². The SMILES string of the molecule is CC(C)(C)[S@@+]([O-])NC(c1ccccc1)c1cc2cc(COc3ccccc3CC(=O)O)cc(I)c2o1. The Hall–Kier alpha value is -2.53. The summed E-state index contributed by atoms with van der Waals surface area (Å²) in [5.41, 5.74) is 3.29. The van der Waals surface area contributed by atoms with Gasteiger partial charge < -0.3 is 18.8 Å². The van der Waals surface area contributed by atoms with E-state index >= 15 is 0 Å². The lowest BCUT2D eigenvalue weighted by atomic mass is 10.1. The highest BCUT2D eigenvalue weighted by atomic mass is 127. The number of carbonyl (C=O) groups is 1. The Bertz CT molecular complexity index is 1350. The van der Waals surface area contributed by atoms with Crippen LogP contribution in [0.25, 0.3) is 11.0 Å². The Morgan fingerprint density at radius 2 is 1.81 bits per heavy atom. The normalized spacial score (nSPS) is 13.5. The van der Waals surface area contributed by atoms with Crippen LogP contribution in [0.15, 0.2) is 77.2 Å². The molecule has 188 valence electrons. The Kier molecular flexibility index (Phi) is 8.29. The molecule has 0 saturated heterocycles. The Morgan fingerprint density at radius 3 is 2.50 bits per heavy atom. The number of furan rings is 1. The van der Waals surface area contributed by atoms with Crippen molar-refractivity contribution in [3.8, 4) is 5.75 Å². The molecule has 0 aliphatic rings. The maximum Gasteiger partial charge on any atom is 0.307 e. The lowest BCUT2D eigenvalue weighted by Crippen LogP contribution is -2.41. The summed E-state index contributed by atoms with van der Waals surface area (Å²) in [4.78, 5) is 11.2. The average molecular weight is 618 g/mol. The summed E-state index contributed by atoms with van der Waals surface area (Å²) in [5, 5.41) is 10.1. The van der Waals surface area contributed by atoms with Crippen LogP contribution < -0.4 is 9.46 Å². The van der Waals surface area contributed by atoms with Crippen LogP contribution in [0.3, 0.4) is 0 Å². The van der Waals surface area contributed by atoms with E-state index in [2.05, 4.69) is 27.3 Å². The van der Waals surface area contributed by atoms with Gasteiger partial charge in [0, 0.05) is 22.3 Å². The maximum absolute atomic E-state index is 13.0. The molecule has 0 aliphatic heterocycles. The molecule has 3 aromatic carbocycles. The molecule has 0 spiro atoms. The number of hydrogen-bond donors (Lipinski definition) is 2. The molecule has 2 atom stereocenters. The summed E-state index contributed by atoms with van der Waals surface area (Å²) in [7, 11) is 0. The van der Waals surface area contributed by atoms with E-state index in [1.165, 1.54) is 0 Å². The second-order valence-corrected chi connectivity index (χ2v) is 12.6. The molecule has 0 fully saturated rings. The van der Waals surface area contributed by atoms with Crippen molar-refractivity contribution in [2.75, 3.05) is 0 Å². The molecule has 1 heterocycles. The molecule has 36 heavy (non-hydrogen) atoms. The molecule has 1 aromatic heterocycles. The molecule has 4 aromatic rings. The van der Waals surface area contributed by atoms with Crippen molar-refractivity contribution in [3.05, 3.63) is 98.8 Å². The zero-order valence-corrected chi connectivity index (χ0v) is 23.3. The van der Waals surface area contributed by atoms with Gasteiger partial charge in [0.15, 0.2) is 0 Å². The van der Waals surface area contributed by atoms with Gasteiger partial charge in [0.05, 0.1) is 9.99 Å². The summed E-state index contributed by atoms with van der Waals surface area (Å²) < 4.78 is 29.0. The summed E-state index contributed by atoms with van der Waals surface area (Å²) in [6.07, 6.45) is -0.0956. The van der Waals surface area contributed by atoms with Gasteiger partial charge in [-0.25, -0.2) is 0 Å². The number of halogens is 1. The van der Waals surface area contributed by atoms with E-state index < -0.39 is 22.1 Å². The second kappa shape index (κ2) is 11.2. The van der Waals surface area contributed by atoms with Gasteiger partial charge in [-0.15, -0.1) is 4.72 Å². The van der Waals surface area contributed by atoms with Gasteiger partial charge in [0.25, 0.3) is 0 Å². The van der Waals surface area contributed by atoms with Crippen LogP contribution in [-0.4, -0.2) is 20.4 Å². The monoisotopic (exact) mass is 617 g/mol. The minimum absolute atomic E-state index is 0.0956. The van der Waals surface area contributed by atoms with E-state index in [0.29, 0.717) is 17.1 Å². The summed E-state index contributed by atoms with van der Waals surface area (Å²) in [6.45, 7) is 6.08. The van der Waals surface area contributed by atoms with Crippen LogP contribution in [0, 0.1) is 3.57 Å². The lowest BCUT2D eigenvalue weighted by molar-refractivity contribution is -0.136. The van der Waals surface area contributed by atoms with Crippen molar-refractivity contribution in [2.45, 2.75) is 44.6 Å². The molecule has 8 heteroatoms. The first-order chi connectivity index (χ1) is 17.1. The number of nitrogens with one attached hydrogen (secondary N) is 1. The van der Waals surface area contributed by atoms with E-state index in [1.807, 2.05) is 75.4 Å². The number of aliphatic carboxylic acids is 1. The number of benzene rings is 3. The number of carboxylic acids is 1. The van der Waals surface area contributed by atoms with Crippen molar-refractivity contribution < 1.29 is 23.6 Å². The topological polar surface area (TPSA) is 94.8 Å². The zero-order valence-electron chi connectivity index (χ0n) is 20.3. The van der Waals surface area contributed by atoms with E-state index in [4.69, 9.17) is 14.3 Å². The maximum atomic E-state index is 13.0. The van der Waals surface area contributed by atoms with Crippen molar-refractivity contribution in [1.29, 1.82) is 0 Å². The molecule has 0 amide bonds. The zero-order chi connectivity index (χ0) is 25.9. The largest absolute Gasteiger partial charge is 0.598 e. The molecule has 6 nitrogen and oxygen atoms in total. The molecule has 0 radical (unpaired) electrons. The molecular weight excluding hydrogens is 589 g/mol. The van der Waals surface area contributed by atoms with E-state index in [-0.39, 0.29) is 19.1 Å². The van der Waals surface area contributed by atoms with Gasteiger partial charge in [0.2, 0.25) is 0 Å². The molecule has 0 saturated carbocycles. The van der Waals surface area contributed by atoms with E-state index in [0.717, 1.165) is 25.7 Å². The second-order valence-electron chi connectivity index (χ2n) is 9.45. The van der Waals surface area contributed by atoms with Crippen LogP contribution in [0.2, 0.25) is 0 Å². The fraction of sp³-hybridized carbons (Fsp3) is 0.250. The first-order valence-electron chi connectivity index (χ1n) is 11.5. The van der Waals surface area contributed by atoms with Crippen LogP contribution in [0.5, 0.6) is 5.75 Å². The van der Waals surface area contributed by atoms with Crippen molar-refractivity contribution in [3.63, 3.8) is 0 Å².